The summed E-state index contributed by atoms with van der Waals surface area (Å²) >= 11 is 1.75. The first-order valence-electron chi connectivity index (χ1n) is 10.1. The minimum absolute atomic E-state index is 0.235. The van der Waals surface area contributed by atoms with Crippen LogP contribution in [-0.2, 0) is 11.2 Å². The lowest BCUT2D eigenvalue weighted by Crippen LogP contribution is -2.49. The zero-order valence-electron chi connectivity index (χ0n) is 16.2. The van der Waals surface area contributed by atoms with E-state index in [1.54, 1.807) is 11.3 Å². The number of hydrogen-bond acceptors (Lipinski definition) is 4. The van der Waals surface area contributed by atoms with E-state index in [9.17, 15) is 4.79 Å². The van der Waals surface area contributed by atoms with E-state index in [0.717, 1.165) is 48.3 Å². The van der Waals surface area contributed by atoms with Gasteiger partial charge < -0.3 is 9.80 Å². The first-order chi connectivity index (χ1) is 13.7. The minimum atomic E-state index is 0.235. The fourth-order valence-electron chi connectivity index (χ4n) is 3.91. The van der Waals surface area contributed by atoms with Crippen LogP contribution in [0.3, 0.4) is 0 Å². The fraction of sp³-hybridized carbons (Fsp3) is 0.391. The van der Waals surface area contributed by atoms with Crippen molar-refractivity contribution >= 4 is 32.6 Å². The Morgan fingerprint density at radius 2 is 1.82 bits per heavy atom. The third-order valence-electron chi connectivity index (χ3n) is 5.82. The van der Waals surface area contributed by atoms with Crippen LogP contribution < -0.4 is 4.90 Å². The van der Waals surface area contributed by atoms with Crippen molar-refractivity contribution in [2.24, 2.45) is 0 Å². The third-order valence-corrected chi connectivity index (χ3v) is 6.90. The summed E-state index contributed by atoms with van der Waals surface area (Å²) in [6.07, 6.45) is 3.14. The number of thiazole rings is 1. The molecule has 2 heterocycles. The molecule has 3 aromatic rings. The van der Waals surface area contributed by atoms with Crippen molar-refractivity contribution in [3.8, 4) is 0 Å². The molecule has 1 saturated heterocycles. The number of amides is 1. The standard InChI is InChI=1S/C23H25N3OS/c1-16-2-9-20-21(14-16)28-23(24-20)26-12-10-25(11-13-26)22(27)15-17-3-5-18(6-4-17)19-7-8-19/h2-6,9,14,19H,7-8,10-13,15H2,1H3. The van der Waals surface area contributed by atoms with Crippen molar-refractivity contribution in [2.45, 2.75) is 32.1 Å². The lowest BCUT2D eigenvalue weighted by molar-refractivity contribution is -0.130. The van der Waals surface area contributed by atoms with Gasteiger partial charge in [0.1, 0.15) is 0 Å². The van der Waals surface area contributed by atoms with Gasteiger partial charge in [0, 0.05) is 26.2 Å². The molecule has 2 fully saturated rings. The molecule has 0 unspecified atom stereocenters. The molecule has 0 N–H and O–H groups in total. The van der Waals surface area contributed by atoms with Crippen molar-refractivity contribution in [1.29, 1.82) is 0 Å². The number of rotatable bonds is 4. The number of fused-ring (bicyclic) bond motifs is 1. The molecular weight excluding hydrogens is 366 g/mol. The second-order valence-electron chi connectivity index (χ2n) is 8.03. The maximum absolute atomic E-state index is 12.7. The van der Waals surface area contributed by atoms with E-state index in [4.69, 9.17) is 4.98 Å². The Kier molecular flexibility index (Phi) is 4.55. The normalized spacial score (nSPS) is 17.3. The van der Waals surface area contributed by atoms with Gasteiger partial charge in [-0.2, -0.15) is 0 Å². The van der Waals surface area contributed by atoms with E-state index in [1.165, 1.54) is 28.7 Å². The van der Waals surface area contributed by atoms with Gasteiger partial charge >= 0.3 is 0 Å². The number of aryl methyl sites for hydroxylation is 1. The molecule has 1 aromatic heterocycles. The largest absolute Gasteiger partial charge is 0.345 e. The Bertz CT molecular complexity index is 998. The van der Waals surface area contributed by atoms with Crippen LogP contribution >= 0.6 is 11.3 Å². The number of piperazine rings is 1. The molecular formula is C23H25N3OS. The SMILES string of the molecule is Cc1ccc2nc(N3CCN(C(=O)Cc4ccc(C5CC5)cc4)CC3)sc2c1. The Labute approximate surface area is 169 Å². The molecule has 2 aliphatic rings. The Balaban J connectivity index is 1.19. The summed E-state index contributed by atoms with van der Waals surface area (Å²) in [5, 5.41) is 1.07. The van der Waals surface area contributed by atoms with E-state index in [-0.39, 0.29) is 5.91 Å². The van der Waals surface area contributed by atoms with E-state index < -0.39 is 0 Å². The molecule has 1 amide bonds. The zero-order chi connectivity index (χ0) is 19.1. The molecule has 28 heavy (non-hydrogen) atoms. The van der Waals surface area contributed by atoms with Gasteiger partial charge in [-0.25, -0.2) is 4.98 Å². The summed E-state index contributed by atoms with van der Waals surface area (Å²) in [4.78, 5) is 21.8. The van der Waals surface area contributed by atoms with Gasteiger partial charge in [0.15, 0.2) is 5.13 Å². The van der Waals surface area contributed by atoms with Gasteiger partial charge in [-0.1, -0.05) is 41.7 Å². The first-order valence-corrected chi connectivity index (χ1v) is 11.0. The van der Waals surface area contributed by atoms with Crippen LogP contribution in [0.2, 0.25) is 0 Å². The maximum Gasteiger partial charge on any atom is 0.227 e. The second-order valence-corrected chi connectivity index (χ2v) is 9.04. The highest BCUT2D eigenvalue weighted by atomic mass is 32.1. The Hall–Kier alpha value is -2.40. The lowest BCUT2D eigenvalue weighted by atomic mass is 10.1. The molecule has 4 nitrogen and oxygen atoms in total. The van der Waals surface area contributed by atoms with Crippen molar-refractivity contribution < 1.29 is 4.79 Å². The summed E-state index contributed by atoms with van der Waals surface area (Å²) in [5.41, 5.74) is 4.89. The topological polar surface area (TPSA) is 36.4 Å². The fourth-order valence-corrected chi connectivity index (χ4v) is 5.03. The molecule has 5 heteroatoms. The quantitative estimate of drug-likeness (QED) is 0.662. The van der Waals surface area contributed by atoms with E-state index >= 15 is 0 Å². The van der Waals surface area contributed by atoms with Gasteiger partial charge in [0.2, 0.25) is 5.91 Å². The molecule has 0 bridgehead atoms. The summed E-state index contributed by atoms with van der Waals surface area (Å²) < 4.78 is 1.24. The number of hydrogen-bond donors (Lipinski definition) is 0. The maximum atomic E-state index is 12.7. The molecule has 5 rings (SSSR count). The van der Waals surface area contributed by atoms with Crippen LogP contribution in [0.1, 0.15) is 35.4 Å². The van der Waals surface area contributed by atoms with Crippen LogP contribution in [0.4, 0.5) is 5.13 Å². The first kappa shape index (κ1) is 17.7. The number of carbonyl (C=O) groups excluding carboxylic acids is 1. The second kappa shape index (κ2) is 7.21. The molecule has 2 aromatic carbocycles. The van der Waals surface area contributed by atoms with Crippen LogP contribution in [0.15, 0.2) is 42.5 Å². The third kappa shape index (κ3) is 3.63. The van der Waals surface area contributed by atoms with Crippen LogP contribution in [0.5, 0.6) is 0 Å². The number of anilines is 1. The zero-order valence-corrected chi connectivity index (χ0v) is 17.0. The highest BCUT2D eigenvalue weighted by Gasteiger charge is 2.25. The van der Waals surface area contributed by atoms with Crippen molar-refractivity contribution in [3.63, 3.8) is 0 Å². The monoisotopic (exact) mass is 391 g/mol. The van der Waals surface area contributed by atoms with Crippen molar-refractivity contribution in [1.82, 2.24) is 9.88 Å². The van der Waals surface area contributed by atoms with Crippen LogP contribution in [0.25, 0.3) is 10.2 Å². The molecule has 0 spiro atoms. The van der Waals surface area contributed by atoms with E-state index in [1.807, 2.05) is 4.90 Å². The highest BCUT2D eigenvalue weighted by molar-refractivity contribution is 7.22. The van der Waals surface area contributed by atoms with Gasteiger partial charge in [-0.15, -0.1) is 0 Å². The van der Waals surface area contributed by atoms with Gasteiger partial charge in [-0.05, 0) is 54.5 Å². The minimum Gasteiger partial charge on any atom is -0.345 e. The van der Waals surface area contributed by atoms with E-state index in [0.29, 0.717) is 6.42 Å². The number of carbonyl (C=O) groups is 1. The van der Waals surface area contributed by atoms with Crippen LogP contribution in [-0.4, -0.2) is 42.0 Å². The molecule has 0 atom stereocenters. The van der Waals surface area contributed by atoms with Gasteiger partial charge in [0.25, 0.3) is 0 Å². The average Bonchev–Trinajstić information content (AvgIpc) is 3.48. The lowest BCUT2D eigenvalue weighted by Gasteiger charge is -2.34. The van der Waals surface area contributed by atoms with Crippen LogP contribution in [0, 0.1) is 6.92 Å². The molecule has 1 aliphatic heterocycles. The van der Waals surface area contributed by atoms with E-state index in [2.05, 4.69) is 54.3 Å². The summed E-state index contributed by atoms with van der Waals surface area (Å²) in [5.74, 6) is 1.00. The Morgan fingerprint density at radius 1 is 1.07 bits per heavy atom. The summed E-state index contributed by atoms with van der Waals surface area (Å²) in [6.45, 7) is 5.36. The predicted molar refractivity (Wildman–Crippen MR) is 115 cm³/mol. The smallest absolute Gasteiger partial charge is 0.227 e. The number of nitrogens with zero attached hydrogens (tertiary/aromatic N) is 3. The molecule has 1 aliphatic carbocycles. The molecule has 0 radical (unpaired) electrons. The molecule has 144 valence electrons. The van der Waals surface area contributed by atoms with Gasteiger partial charge in [-0.3, -0.25) is 4.79 Å². The number of benzene rings is 2. The summed E-state index contributed by atoms with van der Waals surface area (Å²) in [7, 11) is 0. The summed E-state index contributed by atoms with van der Waals surface area (Å²) in [6, 6.07) is 15.1. The van der Waals surface area contributed by atoms with Crippen molar-refractivity contribution in [3.05, 3.63) is 59.2 Å². The van der Waals surface area contributed by atoms with Gasteiger partial charge in [0.05, 0.1) is 16.6 Å². The van der Waals surface area contributed by atoms with Crippen molar-refractivity contribution in [2.75, 3.05) is 31.1 Å². The Morgan fingerprint density at radius 3 is 2.54 bits per heavy atom. The number of aromatic nitrogens is 1. The average molecular weight is 392 g/mol. The predicted octanol–water partition coefficient (Wildman–Crippen LogP) is 4.37. The highest BCUT2D eigenvalue weighted by Crippen LogP contribution is 2.39. The molecule has 1 saturated carbocycles.